The number of benzene rings is 1. The normalized spacial score (nSPS) is 19.3. The summed E-state index contributed by atoms with van der Waals surface area (Å²) in [6.45, 7) is 2.59. The molecule has 29 heavy (non-hydrogen) atoms. The summed E-state index contributed by atoms with van der Waals surface area (Å²) in [5.41, 5.74) is 8.23. The van der Waals surface area contributed by atoms with Gasteiger partial charge in [-0.2, -0.15) is 4.52 Å². The minimum atomic E-state index is 0.217. The smallest absolute Gasteiger partial charge is 0.180 e. The molecule has 1 saturated carbocycles. The van der Waals surface area contributed by atoms with Crippen molar-refractivity contribution in [3.05, 3.63) is 40.6 Å². The molecule has 0 aliphatic heterocycles. The summed E-state index contributed by atoms with van der Waals surface area (Å²) in [7, 11) is 0. The van der Waals surface area contributed by atoms with Crippen molar-refractivity contribution in [2.45, 2.75) is 44.7 Å². The first-order chi connectivity index (χ1) is 14.0. The lowest BCUT2D eigenvalue weighted by atomic mass is 9.92. The maximum absolute atomic E-state index is 6.32. The predicted octanol–water partition coefficient (Wildman–Crippen LogP) is 4.86. The molecule has 1 fully saturated rings. The van der Waals surface area contributed by atoms with Crippen LogP contribution in [-0.4, -0.2) is 33.3 Å². The number of anilines is 3. The van der Waals surface area contributed by atoms with Crippen LogP contribution in [0.1, 0.15) is 32.6 Å². The number of nitrogens with one attached hydrogen (secondary N) is 2. The second-order valence-corrected chi connectivity index (χ2v) is 7.93. The summed E-state index contributed by atoms with van der Waals surface area (Å²) in [5.74, 6) is 1.53. The molecule has 0 unspecified atom stereocenters. The van der Waals surface area contributed by atoms with Crippen molar-refractivity contribution in [2.75, 3.05) is 17.2 Å². The number of rotatable bonds is 6. The molecule has 0 bridgehead atoms. The van der Waals surface area contributed by atoms with Gasteiger partial charge in [0.15, 0.2) is 16.0 Å². The van der Waals surface area contributed by atoms with E-state index in [9.17, 15) is 0 Å². The first-order valence-corrected chi connectivity index (χ1v) is 10.6. The highest BCUT2D eigenvalue weighted by Crippen LogP contribution is 2.31. The van der Waals surface area contributed by atoms with Crippen LogP contribution in [0.2, 0.25) is 10.3 Å². The fourth-order valence-electron chi connectivity index (χ4n) is 3.56. The average Bonchev–Trinajstić information content (AvgIpc) is 3.00. The Morgan fingerprint density at radius 2 is 1.90 bits per heavy atom. The summed E-state index contributed by atoms with van der Waals surface area (Å²) >= 11 is 12.5. The molecule has 1 aliphatic rings. The minimum Gasteiger partial charge on any atom is -0.494 e. The second kappa shape index (κ2) is 8.65. The molecule has 7 nitrogen and oxygen atoms in total. The van der Waals surface area contributed by atoms with E-state index in [0.29, 0.717) is 30.2 Å². The number of hydrogen-bond donors (Lipinski definition) is 3. The third kappa shape index (κ3) is 4.52. The van der Waals surface area contributed by atoms with Gasteiger partial charge in [0.05, 0.1) is 12.3 Å². The first-order valence-electron chi connectivity index (χ1n) is 9.80. The molecule has 154 valence electrons. The highest BCUT2D eigenvalue weighted by atomic mass is 35.5. The van der Waals surface area contributed by atoms with Crippen molar-refractivity contribution in [2.24, 2.45) is 5.73 Å². The van der Waals surface area contributed by atoms with E-state index in [1.807, 2.05) is 37.3 Å². The number of ether oxygens (including phenoxy) is 1. The van der Waals surface area contributed by atoms with Crippen molar-refractivity contribution in [3.8, 4) is 5.75 Å². The van der Waals surface area contributed by atoms with Crippen LogP contribution in [0, 0.1) is 0 Å². The monoisotopic (exact) mass is 434 g/mol. The lowest BCUT2D eigenvalue weighted by molar-refractivity contribution is 0.340. The molecular weight excluding hydrogens is 411 g/mol. The Morgan fingerprint density at radius 3 is 2.59 bits per heavy atom. The highest BCUT2D eigenvalue weighted by Gasteiger charge is 2.20. The Kier molecular flexibility index (Phi) is 5.99. The van der Waals surface area contributed by atoms with Gasteiger partial charge in [0.25, 0.3) is 0 Å². The van der Waals surface area contributed by atoms with Crippen LogP contribution in [0.25, 0.3) is 5.65 Å². The van der Waals surface area contributed by atoms with Gasteiger partial charge in [-0.25, -0.2) is 4.98 Å². The largest absolute Gasteiger partial charge is 0.494 e. The van der Waals surface area contributed by atoms with Gasteiger partial charge in [-0.3, -0.25) is 0 Å². The molecule has 1 aliphatic carbocycles. The van der Waals surface area contributed by atoms with Gasteiger partial charge in [-0.05, 0) is 56.9 Å². The molecule has 0 saturated heterocycles. The first kappa shape index (κ1) is 20.1. The zero-order valence-electron chi connectivity index (χ0n) is 16.2. The lowest BCUT2D eigenvalue weighted by Crippen LogP contribution is -2.33. The molecule has 4 rings (SSSR count). The van der Waals surface area contributed by atoms with Crippen LogP contribution in [0.4, 0.5) is 17.2 Å². The molecule has 0 spiro atoms. The molecule has 2 heterocycles. The molecule has 9 heteroatoms. The molecule has 2 aromatic heterocycles. The molecule has 0 atom stereocenters. The van der Waals surface area contributed by atoms with Crippen molar-refractivity contribution in [1.29, 1.82) is 0 Å². The van der Waals surface area contributed by atoms with E-state index in [0.717, 1.165) is 42.8 Å². The molecule has 1 aromatic carbocycles. The maximum Gasteiger partial charge on any atom is 0.180 e. The van der Waals surface area contributed by atoms with Gasteiger partial charge in [0.2, 0.25) is 0 Å². The van der Waals surface area contributed by atoms with Crippen molar-refractivity contribution in [1.82, 2.24) is 14.6 Å². The SMILES string of the molecule is CCOc1ccc(Nc2cc(NC3CCC(N)CC3)nn3c(Cl)c(Cl)nc23)cc1. The van der Waals surface area contributed by atoms with E-state index < -0.39 is 0 Å². The van der Waals surface area contributed by atoms with Gasteiger partial charge in [0.1, 0.15) is 11.6 Å². The van der Waals surface area contributed by atoms with E-state index in [4.69, 9.17) is 33.7 Å². The molecule has 0 amide bonds. The fourth-order valence-corrected chi connectivity index (χ4v) is 3.88. The summed E-state index contributed by atoms with van der Waals surface area (Å²) in [5, 5.41) is 12.0. The Morgan fingerprint density at radius 1 is 1.17 bits per heavy atom. The van der Waals surface area contributed by atoms with Crippen LogP contribution in [0.5, 0.6) is 5.75 Å². The van der Waals surface area contributed by atoms with Crippen molar-refractivity contribution >= 4 is 46.0 Å². The number of nitrogens with zero attached hydrogens (tertiary/aromatic N) is 3. The second-order valence-electron chi connectivity index (χ2n) is 7.21. The van der Waals surface area contributed by atoms with E-state index in [2.05, 4.69) is 20.7 Å². The maximum atomic E-state index is 6.32. The number of hydrogen-bond acceptors (Lipinski definition) is 6. The van der Waals surface area contributed by atoms with E-state index >= 15 is 0 Å². The zero-order valence-corrected chi connectivity index (χ0v) is 17.7. The van der Waals surface area contributed by atoms with Crippen LogP contribution < -0.4 is 21.1 Å². The van der Waals surface area contributed by atoms with Gasteiger partial charge in [-0.15, -0.1) is 5.10 Å². The van der Waals surface area contributed by atoms with Crippen LogP contribution in [0.15, 0.2) is 30.3 Å². The summed E-state index contributed by atoms with van der Waals surface area (Å²) in [4.78, 5) is 4.36. The number of aromatic nitrogens is 3. The topological polar surface area (TPSA) is 89.5 Å². The molecule has 0 radical (unpaired) electrons. The number of fused-ring (bicyclic) bond motifs is 1. The third-order valence-corrected chi connectivity index (χ3v) is 5.76. The zero-order chi connectivity index (χ0) is 20.4. The predicted molar refractivity (Wildman–Crippen MR) is 118 cm³/mol. The average molecular weight is 435 g/mol. The highest BCUT2D eigenvalue weighted by molar-refractivity contribution is 6.41. The van der Waals surface area contributed by atoms with Crippen LogP contribution >= 0.6 is 23.2 Å². The summed E-state index contributed by atoms with van der Waals surface area (Å²) < 4.78 is 7.06. The fraction of sp³-hybridized carbons (Fsp3) is 0.400. The summed E-state index contributed by atoms with van der Waals surface area (Å²) in [6, 6.07) is 10.3. The molecule has 3 aromatic rings. The van der Waals surface area contributed by atoms with Gasteiger partial charge in [-0.1, -0.05) is 23.2 Å². The number of nitrogens with two attached hydrogens (primary N) is 1. The Labute approximate surface area is 179 Å². The summed E-state index contributed by atoms with van der Waals surface area (Å²) in [6.07, 6.45) is 4.05. The Balaban J connectivity index is 1.63. The van der Waals surface area contributed by atoms with E-state index in [-0.39, 0.29) is 10.3 Å². The van der Waals surface area contributed by atoms with Gasteiger partial charge in [0, 0.05) is 23.8 Å². The van der Waals surface area contributed by atoms with Crippen molar-refractivity contribution < 1.29 is 4.74 Å². The Bertz CT molecular complexity index is 983. The van der Waals surface area contributed by atoms with E-state index in [1.165, 1.54) is 0 Å². The van der Waals surface area contributed by atoms with Gasteiger partial charge < -0.3 is 21.1 Å². The Hall–Kier alpha value is -2.22. The van der Waals surface area contributed by atoms with Crippen molar-refractivity contribution in [3.63, 3.8) is 0 Å². The van der Waals surface area contributed by atoms with Gasteiger partial charge >= 0.3 is 0 Å². The van der Waals surface area contributed by atoms with E-state index in [1.54, 1.807) is 4.52 Å². The van der Waals surface area contributed by atoms with Crippen LogP contribution in [0.3, 0.4) is 0 Å². The number of halogens is 2. The number of imidazole rings is 1. The van der Waals surface area contributed by atoms with Crippen LogP contribution in [-0.2, 0) is 0 Å². The lowest BCUT2D eigenvalue weighted by Gasteiger charge is -2.27. The third-order valence-electron chi connectivity index (χ3n) is 5.06. The standard InChI is InChI=1S/C20H24Cl2N6O/c1-2-29-15-9-7-13(8-10-15)24-16-11-17(25-14-5-3-12(23)4-6-14)27-28-19(22)18(21)26-20(16)28/h7-12,14,24H,2-6,23H2,1H3,(H,25,27). The quantitative estimate of drug-likeness (QED) is 0.513. The minimum absolute atomic E-state index is 0.217. The molecule has 4 N–H and O–H groups in total. The molecular formula is C20H24Cl2N6O.